The van der Waals surface area contributed by atoms with Crippen molar-refractivity contribution in [2.24, 2.45) is 5.92 Å². The molecule has 0 heterocycles. The average Bonchev–Trinajstić information content (AvgIpc) is 2.44. The Morgan fingerprint density at radius 3 is 2.52 bits per heavy atom. The van der Waals surface area contributed by atoms with Crippen LogP contribution in [-0.2, 0) is 9.59 Å². The first-order valence-electron chi connectivity index (χ1n) is 6.45. The van der Waals surface area contributed by atoms with Crippen LogP contribution in [0, 0.1) is 5.92 Å². The molecule has 0 fully saturated rings. The van der Waals surface area contributed by atoms with E-state index in [0.29, 0.717) is 22.2 Å². The van der Waals surface area contributed by atoms with Gasteiger partial charge in [-0.15, -0.1) is 0 Å². The second-order valence-electron chi connectivity index (χ2n) is 4.63. The average molecular weight is 334 g/mol. The highest BCUT2D eigenvalue weighted by atomic mass is 35.5. The fraction of sp³-hybridized carbons (Fsp3) is 0.429. The quantitative estimate of drug-likeness (QED) is 0.804. The molecule has 0 aromatic heterocycles. The van der Waals surface area contributed by atoms with Gasteiger partial charge in [-0.2, -0.15) is 0 Å². The lowest BCUT2D eigenvalue weighted by molar-refractivity contribution is -0.143. The number of benzene rings is 1. The Hall–Kier alpha value is -1.46. The third-order valence-electron chi connectivity index (χ3n) is 3.06. The van der Waals surface area contributed by atoms with Crippen LogP contribution in [0.1, 0.15) is 20.3 Å². The molecule has 0 saturated heterocycles. The lowest BCUT2D eigenvalue weighted by Crippen LogP contribution is -2.46. The maximum Gasteiger partial charge on any atom is 0.326 e. The Morgan fingerprint density at radius 2 is 2.00 bits per heavy atom. The first-order chi connectivity index (χ1) is 9.85. The first-order valence-corrected chi connectivity index (χ1v) is 7.20. The van der Waals surface area contributed by atoms with Gasteiger partial charge in [-0.05, 0) is 18.1 Å². The number of amides is 1. The molecule has 1 aromatic carbocycles. The highest BCUT2D eigenvalue weighted by Crippen LogP contribution is 2.26. The number of carbonyl (C=O) groups is 2. The van der Waals surface area contributed by atoms with Crippen LogP contribution in [-0.4, -0.2) is 29.6 Å². The van der Waals surface area contributed by atoms with Crippen LogP contribution in [0.2, 0.25) is 10.0 Å². The minimum Gasteiger partial charge on any atom is -0.484 e. The largest absolute Gasteiger partial charge is 0.484 e. The summed E-state index contributed by atoms with van der Waals surface area (Å²) in [6.07, 6.45) is 0.644. The molecular weight excluding hydrogens is 317 g/mol. The number of rotatable bonds is 7. The van der Waals surface area contributed by atoms with Crippen molar-refractivity contribution in [1.82, 2.24) is 5.32 Å². The van der Waals surface area contributed by atoms with Crippen LogP contribution in [0.4, 0.5) is 0 Å². The number of hydrogen-bond acceptors (Lipinski definition) is 3. The molecule has 0 aliphatic heterocycles. The predicted octanol–water partition coefficient (Wildman–Crippen LogP) is 2.99. The molecule has 1 aromatic rings. The molecule has 0 spiro atoms. The number of hydrogen-bond donors (Lipinski definition) is 2. The van der Waals surface area contributed by atoms with E-state index in [1.54, 1.807) is 19.1 Å². The van der Waals surface area contributed by atoms with Crippen LogP contribution in [0.3, 0.4) is 0 Å². The highest BCUT2D eigenvalue weighted by molar-refractivity contribution is 6.42. The van der Waals surface area contributed by atoms with Gasteiger partial charge in [-0.25, -0.2) is 4.79 Å². The second-order valence-corrected chi connectivity index (χ2v) is 5.45. The van der Waals surface area contributed by atoms with E-state index < -0.39 is 17.9 Å². The van der Waals surface area contributed by atoms with Crippen LogP contribution >= 0.6 is 23.2 Å². The molecule has 5 nitrogen and oxygen atoms in total. The normalized spacial score (nSPS) is 13.3. The molecule has 7 heteroatoms. The summed E-state index contributed by atoms with van der Waals surface area (Å²) in [6.45, 7) is 3.33. The van der Waals surface area contributed by atoms with Gasteiger partial charge in [0, 0.05) is 6.07 Å². The van der Waals surface area contributed by atoms with E-state index in [4.69, 9.17) is 33.0 Å². The second kappa shape index (κ2) is 8.10. The lowest BCUT2D eigenvalue weighted by Gasteiger charge is -2.20. The Kier molecular flexibility index (Phi) is 6.78. The summed E-state index contributed by atoms with van der Waals surface area (Å²) in [6, 6.07) is 3.68. The van der Waals surface area contributed by atoms with Crippen LogP contribution in [0.5, 0.6) is 5.75 Å². The van der Waals surface area contributed by atoms with E-state index in [-0.39, 0.29) is 12.5 Å². The smallest absolute Gasteiger partial charge is 0.326 e. The number of aliphatic carboxylic acids is 1. The monoisotopic (exact) mass is 333 g/mol. The van der Waals surface area contributed by atoms with E-state index in [1.807, 2.05) is 6.92 Å². The van der Waals surface area contributed by atoms with Gasteiger partial charge in [0.05, 0.1) is 10.0 Å². The fourth-order valence-corrected chi connectivity index (χ4v) is 1.90. The van der Waals surface area contributed by atoms with Crippen molar-refractivity contribution >= 4 is 35.1 Å². The molecule has 0 radical (unpaired) electrons. The minimum absolute atomic E-state index is 0.170. The maximum absolute atomic E-state index is 11.7. The zero-order chi connectivity index (χ0) is 16.0. The zero-order valence-corrected chi connectivity index (χ0v) is 13.2. The van der Waals surface area contributed by atoms with Crippen molar-refractivity contribution in [3.8, 4) is 5.75 Å². The SMILES string of the molecule is CC[C@H](C)[C@H](NC(=O)COc1ccc(Cl)c(Cl)c1)C(=O)O. The number of ether oxygens (including phenoxy) is 1. The Bertz CT molecular complexity index is 522. The van der Waals surface area contributed by atoms with Gasteiger partial charge >= 0.3 is 5.97 Å². The third-order valence-corrected chi connectivity index (χ3v) is 3.80. The first kappa shape index (κ1) is 17.6. The number of carboxylic acid groups (broad SMARTS) is 1. The Balaban J connectivity index is 2.56. The van der Waals surface area contributed by atoms with E-state index in [0.717, 1.165) is 0 Å². The van der Waals surface area contributed by atoms with Crippen molar-refractivity contribution in [1.29, 1.82) is 0 Å². The summed E-state index contributed by atoms with van der Waals surface area (Å²) in [4.78, 5) is 22.8. The number of nitrogens with one attached hydrogen (secondary N) is 1. The number of carbonyl (C=O) groups excluding carboxylic acids is 1. The summed E-state index contributed by atoms with van der Waals surface area (Å²) in [5.74, 6) is -1.35. The summed E-state index contributed by atoms with van der Waals surface area (Å²) in [5, 5.41) is 12.2. The zero-order valence-electron chi connectivity index (χ0n) is 11.7. The van der Waals surface area contributed by atoms with Gasteiger partial charge in [0.2, 0.25) is 0 Å². The Morgan fingerprint density at radius 1 is 1.33 bits per heavy atom. The molecule has 2 atom stereocenters. The van der Waals surface area contributed by atoms with Crippen LogP contribution in [0.25, 0.3) is 0 Å². The van der Waals surface area contributed by atoms with Gasteiger partial charge in [0.25, 0.3) is 5.91 Å². The molecule has 0 aliphatic rings. The van der Waals surface area contributed by atoms with E-state index in [2.05, 4.69) is 5.32 Å². The van der Waals surface area contributed by atoms with Gasteiger partial charge in [0.1, 0.15) is 11.8 Å². The molecular formula is C14H17Cl2NO4. The molecule has 21 heavy (non-hydrogen) atoms. The summed E-state index contributed by atoms with van der Waals surface area (Å²) in [5.41, 5.74) is 0. The molecule has 0 aliphatic carbocycles. The van der Waals surface area contributed by atoms with E-state index >= 15 is 0 Å². The topological polar surface area (TPSA) is 75.6 Å². The number of halogens is 2. The van der Waals surface area contributed by atoms with Gasteiger partial charge in [0.15, 0.2) is 6.61 Å². The molecule has 1 rings (SSSR count). The van der Waals surface area contributed by atoms with Crippen molar-refractivity contribution < 1.29 is 19.4 Å². The van der Waals surface area contributed by atoms with E-state index in [9.17, 15) is 9.59 Å². The molecule has 1 amide bonds. The van der Waals surface area contributed by atoms with Crippen molar-refractivity contribution in [2.75, 3.05) is 6.61 Å². The van der Waals surface area contributed by atoms with Gasteiger partial charge < -0.3 is 15.2 Å². The van der Waals surface area contributed by atoms with Gasteiger partial charge in [-0.3, -0.25) is 4.79 Å². The summed E-state index contributed by atoms with van der Waals surface area (Å²) >= 11 is 11.6. The predicted molar refractivity (Wildman–Crippen MR) is 81.0 cm³/mol. The summed E-state index contributed by atoms with van der Waals surface area (Å²) in [7, 11) is 0. The third kappa shape index (κ3) is 5.44. The van der Waals surface area contributed by atoms with Crippen LogP contribution < -0.4 is 10.1 Å². The van der Waals surface area contributed by atoms with E-state index in [1.165, 1.54) is 6.07 Å². The molecule has 0 unspecified atom stereocenters. The maximum atomic E-state index is 11.7. The standard InChI is InChI=1S/C14H17Cl2NO4/c1-3-8(2)13(14(19)20)17-12(18)7-21-9-4-5-10(15)11(16)6-9/h4-6,8,13H,3,7H2,1-2H3,(H,17,18)(H,19,20)/t8-,13-/m0/s1. The molecule has 0 saturated carbocycles. The van der Waals surface area contributed by atoms with Crippen molar-refractivity contribution in [2.45, 2.75) is 26.3 Å². The molecule has 2 N–H and O–H groups in total. The van der Waals surface area contributed by atoms with Gasteiger partial charge in [-0.1, -0.05) is 43.5 Å². The Labute approximate surface area is 133 Å². The van der Waals surface area contributed by atoms with Crippen molar-refractivity contribution in [3.63, 3.8) is 0 Å². The van der Waals surface area contributed by atoms with Crippen LogP contribution in [0.15, 0.2) is 18.2 Å². The fourth-order valence-electron chi connectivity index (χ4n) is 1.61. The number of carboxylic acids is 1. The molecule has 116 valence electrons. The minimum atomic E-state index is -1.06. The molecule has 0 bridgehead atoms. The lowest BCUT2D eigenvalue weighted by atomic mass is 9.99. The summed E-state index contributed by atoms with van der Waals surface area (Å²) < 4.78 is 5.25. The highest BCUT2D eigenvalue weighted by Gasteiger charge is 2.25. The van der Waals surface area contributed by atoms with Crippen molar-refractivity contribution in [3.05, 3.63) is 28.2 Å².